The van der Waals surface area contributed by atoms with Crippen molar-refractivity contribution in [3.63, 3.8) is 0 Å². The second-order valence-corrected chi connectivity index (χ2v) is 7.86. The number of carbonyl (C=O) groups is 2. The van der Waals surface area contributed by atoms with Crippen molar-refractivity contribution in [2.45, 2.75) is 51.3 Å². The molecule has 1 aliphatic carbocycles. The minimum absolute atomic E-state index is 0.0118. The van der Waals surface area contributed by atoms with Crippen molar-refractivity contribution in [2.75, 3.05) is 11.9 Å². The van der Waals surface area contributed by atoms with E-state index in [0.717, 1.165) is 29.9 Å². The lowest BCUT2D eigenvalue weighted by Gasteiger charge is -2.27. The number of carbonyl (C=O) groups excluding carboxylic acids is 2. The summed E-state index contributed by atoms with van der Waals surface area (Å²) in [5, 5.41) is 20.0. The fourth-order valence-electron chi connectivity index (χ4n) is 3.95. The molecule has 9 heteroatoms. The number of nitrogens with zero attached hydrogens (tertiary/aromatic N) is 4. The van der Waals surface area contributed by atoms with E-state index in [0.29, 0.717) is 30.9 Å². The van der Waals surface area contributed by atoms with Gasteiger partial charge in [0, 0.05) is 31.3 Å². The van der Waals surface area contributed by atoms with Crippen molar-refractivity contribution in [3.05, 3.63) is 35.2 Å². The zero-order valence-electron chi connectivity index (χ0n) is 16.7. The number of aliphatic hydroxyl groups excluding tert-OH is 1. The van der Waals surface area contributed by atoms with Crippen LogP contribution in [0.25, 0.3) is 0 Å². The molecule has 29 heavy (non-hydrogen) atoms. The Bertz CT molecular complexity index is 932. The van der Waals surface area contributed by atoms with E-state index < -0.39 is 0 Å². The van der Waals surface area contributed by atoms with Crippen LogP contribution in [0.4, 0.5) is 11.6 Å². The Hall–Kier alpha value is -2.94. The molecular formula is C20H26N6O3. The monoisotopic (exact) mass is 398 g/mol. The standard InChI is InChI=1S/C20H26N6O3/c1-12-9-17(25(2)24-12)22-16-8-3-13-10-26(20(29)19(13)23-16)11-18(28)21-14-4-6-15(27)7-5-14/h3,8-9,14-15,27H,4-7,10-11H2,1-2H3,(H,21,28)(H,22,23). The Morgan fingerprint density at radius 3 is 2.72 bits per heavy atom. The lowest BCUT2D eigenvalue weighted by molar-refractivity contribution is -0.122. The molecule has 9 nitrogen and oxygen atoms in total. The van der Waals surface area contributed by atoms with Gasteiger partial charge >= 0.3 is 0 Å². The second-order valence-electron chi connectivity index (χ2n) is 7.86. The van der Waals surface area contributed by atoms with Gasteiger partial charge in [-0.15, -0.1) is 0 Å². The number of rotatable bonds is 5. The normalized spacial score (nSPS) is 21.2. The molecule has 0 spiro atoms. The Labute approximate surface area is 169 Å². The van der Waals surface area contributed by atoms with Gasteiger partial charge in [-0.2, -0.15) is 5.10 Å². The summed E-state index contributed by atoms with van der Waals surface area (Å²) in [7, 11) is 1.83. The molecule has 2 aromatic heterocycles. The third-order valence-corrected chi connectivity index (χ3v) is 5.48. The molecule has 1 fully saturated rings. The highest BCUT2D eigenvalue weighted by Crippen LogP contribution is 2.24. The Morgan fingerprint density at radius 2 is 2.03 bits per heavy atom. The Balaban J connectivity index is 1.38. The average molecular weight is 398 g/mol. The van der Waals surface area contributed by atoms with Crippen LogP contribution in [-0.4, -0.2) is 55.3 Å². The summed E-state index contributed by atoms with van der Waals surface area (Å²) >= 11 is 0. The van der Waals surface area contributed by atoms with E-state index in [4.69, 9.17) is 0 Å². The first-order chi connectivity index (χ1) is 13.9. The SMILES string of the molecule is Cc1cc(Nc2ccc3c(n2)C(=O)N(CC(=O)NC2CCC(O)CC2)C3)n(C)n1. The second kappa shape index (κ2) is 7.82. The van der Waals surface area contributed by atoms with Gasteiger partial charge in [0.1, 0.15) is 23.9 Å². The smallest absolute Gasteiger partial charge is 0.273 e. The first-order valence-corrected chi connectivity index (χ1v) is 9.93. The molecule has 3 heterocycles. The summed E-state index contributed by atoms with van der Waals surface area (Å²) in [6.07, 6.45) is 2.68. The summed E-state index contributed by atoms with van der Waals surface area (Å²) in [4.78, 5) is 31.1. The van der Waals surface area contributed by atoms with Gasteiger partial charge in [0.2, 0.25) is 5.91 Å². The van der Waals surface area contributed by atoms with Crippen LogP contribution in [-0.2, 0) is 18.4 Å². The number of amides is 2. The van der Waals surface area contributed by atoms with E-state index in [1.165, 1.54) is 4.90 Å². The maximum atomic E-state index is 12.7. The molecule has 0 saturated heterocycles. The van der Waals surface area contributed by atoms with Crippen LogP contribution in [0.3, 0.4) is 0 Å². The molecule has 154 valence electrons. The quantitative estimate of drug-likeness (QED) is 0.699. The predicted octanol–water partition coefficient (Wildman–Crippen LogP) is 1.24. The van der Waals surface area contributed by atoms with Gasteiger partial charge in [0.05, 0.1) is 11.8 Å². The summed E-state index contributed by atoms with van der Waals surface area (Å²) in [5.74, 6) is 0.941. The number of anilines is 2. The van der Waals surface area contributed by atoms with E-state index in [1.54, 1.807) is 4.68 Å². The molecule has 0 bridgehead atoms. The fourth-order valence-corrected chi connectivity index (χ4v) is 3.95. The lowest BCUT2D eigenvalue weighted by Crippen LogP contribution is -2.44. The van der Waals surface area contributed by atoms with Gasteiger partial charge in [0.25, 0.3) is 5.91 Å². The lowest BCUT2D eigenvalue weighted by atomic mass is 9.93. The highest BCUT2D eigenvalue weighted by Gasteiger charge is 2.31. The molecule has 2 aromatic rings. The number of pyridine rings is 1. The molecule has 3 N–H and O–H groups in total. The number of hydrogen-bond acceptors (Lipinski definition) is 6. The highest BCUT2D eigenvalue weighted by molar-refractivity contribution is 5.99. The Morgan fingerprint density at radius 1 is 1.28 bits per heavy atom. The number of fused-ring (bicyclic) bond motifs is 1. The topological polar surface area (TPSA) is 112 Å². The third-order valence-electron chi connectivity index (χ3n) is 5.48. The molecule has 2 aliphatic rings. The van der Waals surface area contributed by atoms with Gasteiger partial charge < -0.3 is 20.6 Å². The molecule has 4 rings (SSSR count). The zero-order valence-corrected chi connectivity index (χ0v) is 16.7. The van der Waals surface area contributed by atoms with Crippen LogP contribution in [0.1, 0.15) is 47.4 Å². The number of aliphatic hydroxyl groups is 1. The number of aromatic nitrogens is 3. The van der Waals surface area contributed by atoms with E-state index in [-0.39, 0.29) is 30.5 Å². The van der Waals surface area contributed by atoms with Crippen LogP contribution in [0, 0.1) is 6.92 Å². The summed E-state index contributed by atoms with van der Waals surface area (Å²) in [5.41, 5.74) is 2.08. The van der Waals surface area contributed by atoms with Gasteiger partial charge in [-0.25, -0.2) is 4.98 Å². The minimum atomic E-state index is -0.262. The zero-order chi connectivity index (χ0) is 20.5. The largest absolute Gasteiger partial charge is 0.393 e. The summed E-state index contributed by atoms with van der Waals surface area (Å²) in [6, 6.07) is 5.66. The predicted molar refractivity (Wildman–Crippen MR) is 107 cm³/mol. The van der Waals surface area contributed by atoms with Gasteiger partial charge in [-0.3, -0.25) is 14.3 Å². The number of aryl methyl sites for hydroxylation is 2. The van der Waals surface area contributed by atoms with Gasteiger partial charge in [-0.05, 0) is 38.7 Å². The molecule has 0 atom stereocenters. The van der Waals surface area contributed by atoms with E-state index in [1.807, 2.05) is 32.2 Å². The van der Waals surface area contributed by atoms with Crippen LogP contribution < -0.4 is 10.6 Å². The number of hydrogen-bond donors (Lipinski definition) is 3. The molecule has 0 radical (unpaired) electrons. The van der Waals surface area contributed by atoms with E-state index in [9.17, 15) is 14.7 Å². The molecule has 0 unspecified atom stereocenters. The van der Waals surface area contributed by atoms with Crippen LogP contribution in [0.15, 0.2) is 18.2 Å². The average Bonchev–Trinajstić information content (AvgIpc) is 3.15. The van der Waals surface area contributed by atoms with Crippen LogP contribution in [0.5, 0.6) is 0 Å². The van der Waals surface area contributed by atoms with Crippen molar-refractivity contribution in [3.8, 4) is 0 Å². The van der Waals surface area contributed by atoms with Crippen molar-refractivity contribution < 1.29 is 14.7 Å². The minimum Gasteiger partial charge on any atom is -0.393 e. The fraction of sp³-hybridized carbons (Fsp3) is 0.500. The van der Waals surface area contributed by atoms with Crippen molar-refractivity contribution in [1.29, 1.82) is 0 Å². The molecular weight excluding hydrogens is 372 g/mol. The number of nitrogens with one attached hydrogen (secondary N) is 2. The molecule has 1 saturated carbocycles. The van der Waals surface area contributed by atoms with E-state index in [2.05, 4.69) is 20.7 Å². The summed E-state index contributed by atoms with van der Waals surface area (Å²) in [6.45, 7) is 2.30. The maximum absolute atomic E-state index is 12.7. The maximum Gasteiger partial charge on any atom is 0.273 e. The first-order valence-electron chi connectivity index (χ1n) is 9.93. The van der Waals surface area contributed by atoms with Crippen LogP contribution >= 0.6 is 0 Å². The molecule has 0 aromatic carbocycles. The summed E-state index contributed by atoms with van der Waals surface area (Å²) < 4.78 is 1.72. The molecule has 2 amide bonds. The van der Waals surface area contributed by atoms with E-state index >= 15 is 0 Å². The van der Waals surface area contributed by atoms with Crippen molar-refractivity contribution in [1.82, 2.24) is 25.0 Å². The van der Waals surface area contributed by atoms with Crippen LogP contribution in [0.2, 0.25) is 0 Å². The molecule has 1 aliphatic heterocycles. The van der Waals surface area contributed by atoms with Crippen molar-refractivity contribution >= 4 is 23.5 Å². The van der Waals surface area contributed by atoms with Gasteiger partial charge in [-0.1, -0.05) is 6.07 Å². The highest BCUT2D eigenvalue weighted by atomic mass is 16.3. The van der Waals surface area contributed by atoms with Gasteiger partial charge in [0.15, 0.2) is 0 Å². The first kappa shape index (κ1) is 19.4. The third kappa shape index (κ3) is 4.24. The van der Waals surface area contributed by atoms with Crippen molar-refractivity contribution in [2.24, 2.45) is 7.05 Å². The Kier molecular flexibility index (Phi) is 5.23.